The van der Waals surface area contributed by atoms with Crippen LogP contribution in [0.1, 0.15) is 34.6 Å². The van der Waals surface area contributed by atoms with Gasteiger partial charge in [-0.1, -0.05) is 0 Å². The quantitative estimate of drug-likeness (QED) is 0.849. The van der Waals surface area contributed by atoms with Gasteiger partial charge in [0, 0.05) is 62.3 Å². The van der Waals surface area contributed by atoms with Crippen LogP contribution in [0.15, 0.2) is 18.6 Å². The van der Waals surface area contributed by atoms with Gasteiger partial charge < -0.3 is 15.1 Å². The zero-order valence-corrected chi connectivity index (χ0v) is 14.4. The second-order valence-electron chi connectivity index (χ2n) is 6.82. The number of aromatic amines is 1. The number of hydrogen-bond donors (Lipinski definition) is 2. The van der Waals surface area contributed by atoms with Crippen molar-refractivity contribution in [2.75, 3.05) is 31.6 Å². The van der Waals surface area contributed by atoms with Crippen molar-refractivity contribution in [3.05, 3.63) is 35.5 Å². The number of piperidine rings is 1. The van der Waals surface area contributed by atoms with Crippen LogP contribution < -0.4 is 10.2 Å². The third-order valence-corrected chi connectivity index (χ3v) is 5.04. The van der Waals surface area contributed by atoms with Crippen molar-refractivity contribution in [3.8, 4) is 0 Å². The van der Waals surface area contributed by atoms with Crippen LogP contribution in [0, 0.1) is 0 Å². The Hall–Kier alpha value is -2.48. The minimum absolute atomic E-state index is 0.0641. The summed E-state index contributed by atoms with van der Waals surface area (Å²) in [7, 11) is 2.07. The molecule has 0 atom stereocenters. The normalized spacial score (nSPS) is 18.8. The smallest absolute Gasteiger partial charge is 0.272 e. The molecular weight excluding hydrogens is 318 g/mol. The van der Waals surface area contributed by atoms with Gasteiger partial charge in [-0.05, 0) is 19.9 Å². The lowest BCUT2D eigenvalue weighted by molar-refractivity contribution is 0.0924. The van der Waals surface area contributed by atoms with E-state index in [0.717, 1.165) is 62.5 Å². The Balaban J connectivity index is 1.36. The Morgan fingerprint density at radius 1 is 1.28 bits per heavy atom. The molecule has 0 aromatic carbocycles. The lowest BCUT2D eigenvalue weighted by atomic mass is 10.0. The molecule has 8 nitrogen and oxygen atoms in total. The molecule has 2 N–H and O–H groups in total. The van der Waals surface area contributed by atoms with E-state index >= 15 is 0 Å². The monoisotopic (exact) mass is 341 g/mol. The fourth-order valence-electron chi connectivity index (χ4n) is 3.58. The van der Waals surface area contributed by atoms with Gasteiger partial charge in [0.25, 0.3) is 5.91 Å². The molecule has 0 radical (unpaired) electrons. The average molecular weight is 341 g/mol. The highest BCUT2D eigenvalue weighted by Crippen LogP contribution is 2.20. The summed E-state index contributed by atoms with van der Waals surface area (Å²) in [5.41, 5.74) is 2.70. The van der Waals surface area contributed by atoms with Crippen molar-refractivity contribution in [1.29, 1.82) is 0 Å². The summed E-state index contributed by atoms with van der Waals surface area (Å²) in [6, 6.07) is 0.175. The van der Waals surface area contributed by atoms with E-state index < -0.39 is 0 Å². The number of carbonyl (C=O) groups excluding carboxylic acids is 1. The van der Waals surface area contributed by atoms with Crippen molar-refractivity contribution in [1.82, 2.24) is 30.4 Å². The topological polar surface area (TPSA) is 90.0 Å². The van der Waals surface area contributed by atoms with Gasteiger partial charge in [-0.15, -0.1) is 0 Å². The number of amides is 1. The van der Waals surface area contributed by atoms with Crippen LogP contribution >= 0.6 is 0 Å². The number of rotatable bonds is 3. The van der Waals surface area contributed by atoms with Crippen molar-refractivity contribution in [2.45, 2.75) is 31.8 Å². The Labute approximate surface area is 146 Å². The number of H-pyrrole nitrogens is 1. The van der Waals surface area contributed by atoms with Gasteiger partial charge in [0.2, 0.25) is 0 Å². The van der Waals surface area contributed by atoms with Crippen molar-refractivity contribution < 1.29 is 4.79 Å². The zero-order valence-electron chi connectivity index (χ0n) is 14.4. The number of likely N-dealkylation sites (N-methyl/N-ethyl adjacent to an activating group) is 1. The van der Waals surface area contributed by atoms with Gasteiger partial charge in [-0.3, -0.25) is 14.9 Å². The van der Waals surface area contributed by atoms with E-state index in [-0.39, 0.29) is 11.9 Å². The van der Waals surface area contributed by atoms with Gasteiger partial charge in [-0.25, -0.2) is 4.98 Å². The van der Waals surface area contributed by atoms with Gasteiger partial charge in [0.15, 0.2) is 5.69 Å². The SMILES string of the molecule is CN1CCc2[nH]nc(C(=O)NC3CCN(c4cnccn4)CC3)c2C1. The van der Waals surface area contributed by atoms with Crippen LogP contribution in [-0.4, -0.2) is 63.7 Å². The number of hydrogen-bond acceptors (Lipinski definition) is 6. The van der Waals surface area contributed by atoms with Crippen molar-refractivity contribution in [2.24, 2.45) is 0 Å². The zero-order chi connectivity index (χ0) is 17.2. The maximum atomic E-state index is 12.7. The van der Waals surface area contributed by atoms with Crippen LogP contribution in [0.25, 0.3) is 0 Å². The maximum Gasteiger partial charge on any atom is 0.272 e. The van der Waals surface area contributed by atoms with Crippen LogP contribution in [0.2, 0.25) is 0 Å². The fourth-order valence-corrected chi connectivity index (χ4v) is 3.58. The summed E-state index contributed by atoms with van der Waals surface area (Å²) in [6.07, 6.45) is 7.89. The number of fused-ring (bicyclic) bond motifs is 1. The summed E-state index contributed by atoms with van der Waals surface area (Å²) in [5.74, 6) is 0.836. The van der Waals surface area contributed by atoms with E-state index in [1.54, 1.807) is 18.6 Å². The summed E-state index contributed by atoms with van der Waals surface area (Å²) < 4.78 is 0. The average Bonchev–Trinajstić information content (AvgIpc) is 3.06. The number of anilines is 1. The summed E-state index contributed by atoms with van der Waals surface area (Å²) in [6.45, 7) is 3.51. The van der Waals surface area contributed by atoms with Gasteiger partial charge in [-0.2, -0.15) is 5.10 Å². The minimum Gasteiger partial charge on any atom is -0.355 e. The predicted molar refractivity (Wildman–Crippen MR) is 93.4 cm³/mol. The first-order valence-corrected chi connectivity index (χ1v) is 8.77. The molecule has 8 heteroatoms. The highest BCUT2D eigenvalue weighted by atomic mass is 16.2. The summed E-state index contributed by atoms with van der Waals surface area (Å²) in [5, 5.41) is 10.5. The summed E-state index contributed by atoms with van der Waals surface area (Å²) in [4.78, 5) is 25.5. The van der Waals surface area contributed by atoms with Gasteiger partial charge >= 0.3 is 0 Å². The van der Waals surface area contributed by atoms with E-state index in [2.05, 4.69) is 42.3 Å². The second kappa shape index (κ2) is 6.79. The third-order valence-electron chi connectivity index (χ3n) is 5.04. The molecule has 4 rings (SSSR count). The molecule has 132 valence electrons. The molecule has 1 fully saturated rings. The number of nitrogens with one attached hydrogen (secondary N) is 2. The van der Waals surface area contributed by atoms with E-state index in [1.165, 1.54) is 0 Å². The third kappa shape index (κ3) is 3.34. The second-order valence-corrected chi connectivity index (χ2v) is 6.82. The fraction of sp³-hybridized carbons (Fsp3) is 0.529. The molecule has 0 unspecified atom stereocenters. The molecule has 0 saturated carbocycles. The lowest BCUT2D eigenvalue weighted by Gasteiger charge is -2.32. The van der Waals surface area contributed by atoms with E-state index in [4.69, 9.17) is 0 Å². The number of aromatic nitrogens is 4. The first-order valence-electron chi connectivity index (χ1n) is 8.77. The molecular formula is C17H23N7O. The number of nitrogens with zero attached hydrogens (tertiary/aromatic N) is 5. The lowest BCUT2D eigenvalue weighted by Crippen LogP contribution is -2.45. The van der Waals surface area contributed by atoms with Crippen molar-refractivity contribution >= 4 is 11.7 Å². The first kappa shape index (κ1) is 16.0. The van der Waals surface area contributed by atoms with E-state index in [1.807, 2.05) is 0 Å². The Bertz CT molecular complexity index is 737. The summed E-state index contributed by atoms with van der Waals surface area (Å²) >= 11 is 0. The molecule has 2 aromatic rings. The Morgan fingerprint density at radius 3 is 2.88 bits per heavy atom. The molecule has 25 heavy (non-hydrogen) atoms. The van der Waals surface area contributed by atoms with E-state index in [0.29, 0.717) is 5.69 Å². The largest absolute Gasteiger partial charge is 0.355 e. The highest BCUT2D eigenvalue weighted by molar-refractivity contribution is 5.94. The minimum atomic E-state index is -0.0641. The molecule has 0 bridgehead atoms. The van der Waals surface area contributed by atoms with Crippen LogP contribution in [0.5, 0.6) is 0 Å². The Kier molecular flexibility index (Phi) is 4.35. The predicted octanol–water partition coefficient (Wildman–Crippen LogP) is 0.586. The molecule has 2 aliphatic rings. The van der Waals surface area contributed by atoms with Crippen molar-refractivity contribution in [3.63, 3.8) is 0 Å². The van der Waals surface area contributed by atoms with E-state index in [9.17, 15) is 4.79 Å². The van der Waals surface area contributed by atoms with Crippen LogP contribution in [-0.2, 0) is 13.0 Å². The van der Waals surface area contributed by atoms with Crippen LogP contribution in [0.3, 0.4) is 0 Å². The Morgan fingerprint density at radius 2 is 2.12 bits per heavy atom. The molecule has 0 aliphatic carbocycles. The molecule has 2 aliphatic heterocycles. The molecule has 2 aromatic heterocycles. The maximum absolute atomic E-state index is 12.7. The van der Waals surface area contributed by atoms with Gasteiger partial charge in [0.1, 0.15) is 5.82 Å². The standard InChI is InChI=1S/C17H23N7O/c1-23-7-4-14-13(11-23)16(22-21-14)17(25)20-12-2-8-24(9-3-12)15-10-18-5-6-19-15/h5-6,10,12H,2-4,7-9,11H2,1H3,(H,20,25)(H,21,22). The molecule has 1 amide bonds. The molecule has 0 spiro atoms. The number of carbonyl (C=O) groups is 1. The van der Waals surface area contributed by atoms with Crippen LogP contribution in [0.4, 0.5) is 5.82 Å². The highest BCUT2D eigenvalue weighted by Gasteiger charge is 2.27. The van der Waals surface area contributed by atoms with Gasteiger partial charge in [0.05, 0.1) is 6.20 Å². The molecule has 1 saturated heterocycles. The first-order chi connectivity index (χ1) is 12.2. The molecule has 4 heterocycles.